The van der Waals surface area contributed by atoms with Gasteiger partial charge in [-0.05, 0) is 53.5 Å². The molecule has 118 valence electrons. The van der Waals surface area contributed by atoms with E-state index >= 15 is 0 Å². The number of nitrogens with one attached hydrogen (secondary N) is 2. The van der Waals surface area contributed by atoms with Crippen molar-refractivity contribution in [2.75, 3.05) is 26.8 Å². The van der Waals surface area contributed by atoms with Crippen molar-refractivity contribution in [2.45, 2.75) is 23.3 Å². The first-order chi connectivity index (χ1) is 9.88. The molecule has 0 amide bonds. The van der Waals surface area contributed by atoms with Crippen LogP contribution in [0.5, 0.6) is 0 Å². The number of benzene rings is 1. The molecular formula is C13H18BrFN2O3S. The highest BCUT2D eigenvalue weighted by Gasteiger charge is 2.35. The Kier molecular flexibility index (Phi) is 5.37. The quantitative estimate of drug-likeness (QED) is 0.786. The van der Waals surface area contributed by atoms with Gasteiger partial charge in [0.1, 0.15) is 5.82 Å². The zero-order chi connectivity index (χ0) is 15.5. The molecule has 2 rings (SSSR count). The first kappa shape index (κ1) is 16.8. The van der Waals surface area contributed by atoms with Crippen molar-refractivity contribution in [1.82, 2.24) is 10.0 Å². The Bertz CT molecular complexity index is 603. The van der Waals surface area contributed by atoms with Gasteiger partial charge in [0.2, 0.25) is 10.0 Å². The zero-order valence-electron chi connectivity index (χ0n) is 11.7. The van der Waals surface area contributed by atoms with Crippen LogP contribution in [0.2, 0.25) is 0 Å². The summed E-state index contributed by atoms with van der Waals surface area (Å²) in [6.45, 7) is 1.45. The molecule has 8 heteroatoms. The zero-order valence-corrected chi connectivity index (χ0v) is 14.1. The molecular weight excluding hydrogens is 363 g/mol. The van der Waals surface area contributed by atoms with Gasteiger partial charge in [0.15, 0.2) is 0 Å². The SMILES string of the molecule is COCC1(CNS(=O)(=O)c2cc(F)ccc2Br)CCCN1. The number of rotatable bonds is 6. The number of ether oxygens (including phenoxy) is 1. The third-order valence-electron chi connectivity index (χ3n) is 3.54. The molecule has 1 unspecified atom stereocenters. The van der Waals surface area contributed by atoms with Gasteiger partial charge < -0.3 is 10.1 Å². The summed E-state index contributed by atoms with van der Waals surface area (Å²) in [6.07, 6.45) is 1.79. The molecule has 2 N–H and O–H groups in total. The van der Waals surface area contributed by atoms with Crippen LogP contribution in [0.4, 0.5) is 4.39 Å². The molecule has 0 aliphatic carbocycles. The molecule has 1 aromatic rings. The lowest BCUT2D eigenvalue weighted by molar-refractivity contribution is 0.122. The van der Waals surface area contributed by atoms with Crippen LogP contribution in [0.15, 0.2) is 27.6 Å². The van der Waals surface area contributed by atoms with Gasteiger partial charge in [-0.25, -0.2) is 17.5 Å². The van der Waals surface area contributed by atoms with Crippen LogP contribution >= 0.6 is 15.9 Å². The number of sulfonamides is 1. The average Bonchev–Trinajstić information content (AvgIpc) is 2.89. The van der Waals surface area contributed by atoms with Gasteiger partial charge in [0.25, 0.3) is 0 Å². The van der Waals surface area contributed by atoms with Gasteiger partial charge in [0, 0.05) is 18.1 Å². The second-order valence-electron chi connectivity index (χ2n) is 5.14. The van der Waals surface area contributed by atoms with E-state index in [1.54, 1.807) is 7.11 Å². The van der Waals surface area contributed by atoms with E-state index < -0.39 is 21.4 Å². The molecule has 1 atom stereocenters. The molecule has 0 bridgehead atoms. The second-order valence-corrected chi connectivity index (χ2v) is 7.73. The van der Waals surface area contributed by atoms with E-state index in [0.717, 1.165) is 25.5 Å². The Hall–Kier alpha value is -0.540. The fraction of sp³-hybridized carbons (Fsp3) is 0.538. The predicted molar refractivity (Wildman–Crippen MR) is 81.1 cm³/mol. The molecule has 1 aliphatic heterocycles. The number of hydrogen-bond acceptors (Lipinski definition) is 4. The normalized spacial score (nSPS) is 22.6. The highest BCUT2D eigenvalue weighted by atomic mass is 79.9. The molecule has 0 aromatic heterocycles. The Morgan fingerprint density at radius 2 is 2.29 bits per heavy atom. The fourth-order valence-corrected chi connectivity index (χ4v) is 4.56. The first-order valence-electron chi connectivity index (χ1n) is 6.57. The van der Waals surface area contributed by atoms with Crippen LogP contribution in [0.1, 0.15) is 12.8 Å². The third-order valence-corrected chi connectivity index (χ3v) is 5.93. The summed E-state index contributed by atoms with van der Waals surface area (Å²) in [5.74, 6) is -0.593. The lowest BCUT2D eigenvalue weighted by Crippen LogP contribution is -2.52. The monoisotopic (exact) mass is 380 g/mol. The van der Waals surface area contributed by atoms with Crippen LogP contribution in [0.3, 0.4) is 0 Å². The average molecular weight is 381 g/mol. The van der Waals surface area contributed by atoms with Gasteiger partial charge in [0.05, 0.1) is 17.0 Å². The van der Waals surface area contributed by atoms with Crippen molar-refractivity contribution in [2.24, 2.45) is 0 Å². The Morgan fingerprint density at radius 1 is 1.52 bits per heavy atom. The van der Waals surface area contributed by atoms with Crippen molar-refractivity contribution in [3.63, 3.8) is 0 Å². The van der Waals surface area contributed by atoms with Crippen LogP contribution < -0.4 is 10.0 Å². The van der Waals surface area contributed by atoms with Crippen LogP contribution in [0.25, 0.3) is 0 Å². The summed E-state index contributed by atoms with van der Waals surface area (Å²) >= 11 is 3.14. The number of methoxy groups -OCH3 is 1. The van der Waals surface area contributed by atoms with Gasteiger partial charge in [-0.15, -0.1) is 0 Å². The largest absolute Gasteiger partial charge is 0.383 e. The molecule has 0 saturated carbocycles. The van der Waals surface area contributed by atoms with Gasteiger partial charge in [-0.3, -0.25) is 0 Å². The lowest BCUT2D eigenvalue weighted by atomic mass is 9.99. The van der Waals surface area contributed by atoms with Crippen molar-refractivity contribution in [3.05, 3.63) is 28.5 Å². The van der Waals surface area contributed by atoms with Crippen molar-refractivity contribution in [3.8, 4) is 0 Å². The van der Waals surface area contributed by atoms with E-state index in [0.29, 0.717) is 11.1 Å². The smallest absolute Gasteiger partial charge is 0.241 e. The number of halogens is 2. The van der Waals surface area contributed by atoms with E-state index in [9.17, 15) is 12.8 Å². The van der Waals surface area contributed by atoms with E-state index in [2.05, 4.69) is 26.0 Å². The molecule has 1 heterocycles. The topological polar surface area (TPSA) is 67.4 Å². The molecule has 1 aliphatic rings. The molecule has 1 aromatic carbocycles. The summed E-state index contributed by atoms with van der Waals surface area (Å²) in [6, 6.07) is 3.58. The summed E-state index contributed by atoms with van der Waals surface area (Å²) in [7, 11) is -2.21. The Labute approximate surface area is 132 Å². The summed E-state index contributed by atoms with van der Waals surface area (Å²) in [5, 5.41) is 3.28. The van der Waals surface area contributed by atoms with Crippen LogP contribution in [-0.2, 0) is 14.8 Å². The molecule has 21 heavy (non-hydrogen) atoms. The van der Waals surface area contributed by atoms with Crippen molar-refractivity contribution < 1.29 is 17.5 Å². The first-order valence-corrected chi connectivity index (χ1v) is 8.85. The van der Waals surface area contributed by atoms with E-state index in [4.69, 9.17) is 4.74 Å². The van der Waals surface area contributed by atoms with Crippen LogP contribution in [-0.4, -0.2) is 40.8 Å². The van der Waals surface area contributed by atoms with E-state index in [1.807, 2.05) is 0 Å². The minimum absolute atomic E-state index is 0.104. The maximum Gasteiger partial charge on any atom is 0.241 e. The lowest BCUT2D eigenvalue weighted by Gasteiger charge is -2.28. The summed E-state index contributed by atoms with van der Waals surface area (Å²) < 4.78 is 46.0. The minimum atomic E-state index is -3.79. The summed E-state index contributed by atoms with van der Waals surface area (Å²) in [5.41, 5.74) is -0.401. The summed E-state index contributed by atoms with van der Waals surface area (Å²) in [4.78, 5) is -0.104. The Morgan fingerprint density at radius 3 is 2.90 bits per heavy atom. The minimum Gasteiger partial charge on any atom is -0.383 e. The standard InChI is InChI=1S/C13H18BrFN2O3S/c1-20-9-13(5-2-6-16-13)8-17-21(18,19)12-7-10(15)3-4-11(12)14/h3-4,7,16-17H,2,5-6,8-9H2,1H3. The molecule has 5 nitrogen and oxygen atoms in total. The maximum absolute atomic E-state index is 13.3. The van der Waals surface area contributed by atoms with E-state index in [1.165, 1.54) is 12.1 Å². The maximum atomic E-state index is 13.3. The third kappa shape index (κ3) is 4.01. The number of hydrogen-bond donors (Lipinski definition) is 2. The highest BCUT2D eigenvalue weighted by Crippen LogP contribution is 2.24. The van der Waals surface area contributed by atoms with E-state index in [-0.39, 0.29) is 11.4 Å². The second kappa shape index (κ2) is 6.70. The van der Waals surface area contributed by atoms with Crippen molar-refractivity contribution in [1.29, 1.82) is 0 Å². The molecule has 0 radical (unpaired) electrons. The van der Waals surface area contributed by atoms with Gasteiger partial charge >= 0.3 is 0 Å². The van der Waals surface area contributed by atoms with Gasteiger partial charge in [-0.1, -0.05) is 0 Å². The molecule has 0 spiro atoms. The van der Waals surface area contributed by atoms with Crippen LogP contribution in [0, 0.1) is 5.82 Å². The van der Waals surface area contributed by atoms with Crippen molar-refractivity contribution >= 4 is 26.0 Å². The Balaban J connectivity index is 2.15. The molecule has 1 saturated heterocycles. The fourth-order valence-electron chi connectivity index (χ4n) is 2.46. The molecule has 1 fully saturated rings. The van der Waals surface area contributed by atoms with Gasteiger partial charge in [-0.2, -0.15) is 0 Å². The highest BCUT2D eigenvalue weighted by molar-refractivity contribution is 9.10. The predicted octanol–water partition coefficient (Wildman–Crippen LogP) is 1.64.